The van der Waals surface area contributed by atoms with E-state index in [0.29, 0.717) is 45.3 Å². The van der Waals surface area contributed by atoms with Gasteiger partial charge in [-0.25, -0.2) is 17.8 Å². The predicted molar refractivity (Wildman–Crippen MR) is 107 cm³/mol. The Morgan fingerprint density at radius 1 is 0.931 bits per heavy atom. The van der Waals surface area contributed by atoms with Gasteiger partial charge in [-0.05, 0) is 31.2 Å². The number of aryl methyl sites for hydroxylation is 1. The molecule has 3 heterocycles. The third kappa shape index (κ3) is 4.34. The zero-order valence-electron chi connectivity index (χ0n) is 16.3. The molecule has 0 bridgehead atoms. The lowest BCUT2D eigenvalue weighted by molar-refractivity contribution is 0.122. The molecule has 2 saturated heterocycles. The number of rotatable bonds is 4. The molecule has 1 aromatic heterocycles. The van der Waals surface area contributed by atoms with Gasteiger partial charge in [0.25, 0.3) is 0 Å². The summed E-state index contributed by atoms with van der Waals surface area (Å²) in [5.74, 6) is 1.03. The Bertz CT molecular complexity index is 956. The van der Waals surface area contributed by atoms with Crippen molar-refractivity contribution in [2.45, 2.75) is 11.8 Å². The molecule has 0 saturated carbocycles. The highest BCUT2D eigenvalue weighted by Gasteiger charge is 2.29. The fraction of sp³-hybridized carbons (Fsp3) is 0.474. The fourth-order valence-corrected chi connectivity index (χ4v) is 4.94. The van der Waals surface area contributed by atoms with E-state index in [-0.39, 0.29) is 4.90 Å². The largest absolute Gasteiger partial charge is 0.378 e. The maximum Gasteiger partial charge on any atom is 0.243 e. The first-order valence-electron chi connectivity index (χ1n) is 9.62. The van der Waals surface area contributed by atoms with Crippen LogP contribution < -0.4 is 9.80 Å². The summed E-state index contributed by atoms with van der Waals surface area (Å²) in [6, 6.07) is 6.89. The van der Waals surface area contributed by atoms with Gasteiger partial charge in [0.15, 0.2) is 0 Å². The number of aromatic nitrogens is 2. The summed E-state index contributed by atoms with van der Waals surface area (Å²) in [5.41, 5.74) is 0.873. The number of hydrogen-bond donors (Lipinski definition) is 0. The normalized spacial score (nSPS) is 18.8. The first-order chi connectivity index (χ1) is 13.9. The number of hydrogen-bond acceptors (Lipinski definition) is 7. The standard InChI is InChI=1S/C19H24FN5O3S/c1-15-14-18(23-10-12-28-13-11-23)22-19(21-15)24-6-8-25(9-7-24)29(26,27)17-4-2-16(20)3-5-17/h2-5,14H,6-13H2,1H3. The van der Waals surface area contributed by atoms with E-state index < -0.39 is 15.8 Å². The number of ether oxygens (including phenoxy) is 1. The maximum atomic E-state index is 13.1. The van der Waals surface area contributed by atoms with E-state index in [1.165, 1.54) is 16.4 Å². The topological polar surface area (TPSA) is 78.9 Å². The molecule has 0 radical (unpaired) electrons. The summed E-state index contributed by atoms with van der Waals surface area (Å²) in [5, 5.41) is 0. The Kier molecular flexibility index (Phi) is 5.66. The summed E-state index contributed by atoms with van der Waals surface area (Å²) < 4.78 is 45.5. The quantitative estimate of drug-likeness (QED) is 0.736. The van der Waals surface area contributed by atoms with Gasteiger partial charge in [0.05, 0.1) is 18.1 Å². The van der Waals surface area contributed by atoms with Crippen LogP contribution in [0.1, 0.15) is 5.69 Å². The molecule has 0 unspecified atom stereocenters. The second-order valence-corrected chi connectivity index (χ2v) is 9.05. The number of morpholine rings is 1. The van der Waals surface area contributed by atoms with E-state index in [2.05, 4.69) is 9.88 Å². The van der Waals surface area contributed by atoms with Gasteiger partial charge in [-0.2, -0.15) is 9.29 Å². The smallest absolute Gasteiger partial charge is 0.243 e. The summed E-state index contributed by atoms with van der Waals surface area (Å²) in [6.07, 6.45) is 0. The first kappa shape index (κ1) is 20.0. The van der Waals surface area contributed by atoms with Gasteiger partial charge in [-0.1, -0.05) is 0 Å². The lowest BCUT2D eigenvalue weighted by atomic mass is 10.3. The minimum Gasteiger partial charge on any atom is -0.378 e. The molecular weight excluding hydrogens is 397 g/mol. The van der Waals surface area contributed by atoms with Crippen molar-refractivity contribution >= 4 is 21.8 Å². The third-order valence-corrected chi connectivity index (χ3v) is 7.05. The zero-order chi connectivity index (χ0) is 20.4. The number of anilines is 2. The van der Waals surface area contributed by atoms with Gasteiger partial charge in [0.1, 0.15) is 11.6 Å². The van der Waals surface area contributed by atoms with E-state index >= 15 is 0 Å². The van der Waals surface area contributed by atoms with Gasteiger partial charge in [-0.3, -0.25) is 0 Å². The molecule has 0 aliphatic carbocycles. The van der Waals surface area contributed by atoms with Crippen LogP contribution in [0.15, 0.2) is 35.2 Å². The molecule has 0 atom stereocenters. The molecule has 2 aromatic rings. The monoisotopic (exact) mass is 421 g/mol. The van der Waals surface area contributed by atoms with Crippen LogP contribution in [-0.4, -0.2) is 75.2 Å². The molecule has 0 amide bonds. The second-order valence-electron chi connectivity index (χ2n) is 7.11. The highest BCUT2D eigenvalue weighted by molar-refractivity contribution is 7.89. The first-order valence-corrected chi connectivity index (χ1v) is 11.1. The van der Waals surface area contributed by atoms with Crippen LogP contribution in [0.5, 0.6) is 0 Å². The number of nitrogens with zero attached hydrogens (tertiary/aromatic N) is 5. The maximum absolute atomic E-state index is 13.1. The Hall–Kier alpha value is -2.30. The molecule has 2 aliphatic heterocycles. The number of sulfonamides is 1. The van der Waals surface area contributed by atoms with Gasteiger partial charge in [-0.15, -0.1) is 0 Å². The minimum absolute atomic E-state index is 0.105. The second kappa shape index (κ2) is 8.21. The van der Waals surface area contributed by atoms with Crippen LogP contribution in [0.4, 0.5) is 16.2 Å². The Labute approximate surface area is 170 Å². The number of halogens is 1. The van der Waals surface area contributed by atoms with Gasteiger partial charge in [0.2, 0.25) is 16.0 Å². The summed E-state index contributed by atoms with van der Waals surface area (Å²) in [7, 11) is -3.64. The lowest BCUT2D eigenvalue weighted by Gasteiger charge is -2.35. The highest BCUT2D eigenvalue weighted by atomic mass is 32.2. The van der Waals surface area contributed by atoms with Gasteiger partial charge in [0, 0.05) is 51.0 Å². The van der Waals surface area contributed by atoms with E-state index in [1.54, 1.807) is 0 Å². The molecule has 156 valence electrons. The fourth-order valence-electron chi connectivity index (χ4n) is 3.52. The average molecular weight is 421 g/mol. The summed E-state index contributed by atoms with van der Waals surface area (Å²) in [6.45, 7) is 6.51. The molecule has 4 rings (SSSR count). The summed E-state index contributed by atoms with van der Waals surface area (Å²) in [4.78, 5) is 13.6. The summed E-state index contributed by atoms with van der Waals surface area (Å²) >= 11 is 0. The van der Waals surface area contributed by atoms with E-state index in [9.17, 15) is 12.8 Å². The molecule has 10 heteroatoms. The molecule has 0 N–H and O–H groups in total. The predicted octanol–water partition coefficient (Wildman–Crippen LogP) is 1.27. The SMILES string of the molecule is Cc1cc(N2CCOCC2)nc(N2CCN(S(=O)(=O)c3ccc(F)cc3)CC2)n1. The Balaban J connectivity index is 1.47. The molecule has 0 spiro atoms. The van der Waals surface area contributed by atoms with Crippen molar-refractivity contribution < 1.29 is 17.5 Å². The van der Waals surface area contributed by atoms with Crippen molar-refractivity contribution in [2.24, 2.45) is 0 Å². The molecule has 2 fully saturated rings. The van der Waals surface area contributed by atoms with Crippen molar-refractivity contribution in [3.05, 3.63) is 41.8 Å². The average Bonchev–Trinajstić information content (AvgIpc) is 2.74. The third-order valence-electron chi connectivity index (χ3n) is 5.14. The number of benzene rings is 1. The van der Waals surface area contributed by atoms with Crippen molar-refractivity contribution in [1.29, 1.82) is 0 Å². The van der Waals surface area contributed by atoms with Crippen LogP contribution >= 0.6 is 0 Å². The van der Waals surface area contributed by atoms with Gasteiger partial charge < -0.3 is 14.5 Å². The zero-order valence-corrected chi connectivity index (χ0v) is 17.1. The lowest BCUT2D eigenvalue weighted by Crippen LogP contribution is -2.49. The van der Waals surface area contributed by atoms with Crippen molar-refractivity contribution in [3.8, 4) is 0 Å². The highest BCUT2D eigenvalue weighted by Crippen LogP contribution is 2.22. The Morgan fingerprint density at radius 3 is 2.24 bits per heavy atom. The van der Waals surface area contributed by atoms with E-state index in [4.69, 9.17) is 9.72 Å². The van der Waals surface area contributed by atoms with Crippen LogP contribution in [0, 0.1) is 12.7 Å². The Morgan fingerprint density at radius 2 is 1.59 bits per heavy atom. The van der Waals surface area contributed by atoms with Crippen molar-refractivity contribution in [1.82, 2.24) is 14.3 Å². The molecular formula is C19H24FN5O3S. The van der Waals surface area contributed by atoms with E-state index in [1.807, 2.05) is 17.9 Å². The van der Waals surface area contributed by atoms with Crippen LogP contribution in [0.25, 0.3) is 0 Å². The molecule has 29 heavy (non-hydrogen) atoms. The minimum atomic E-state index is -3.64. The number of piperazine rings is 1. The van der Waals surface area contributed by atoms with Crippen LogP contribution in [-0.2, 0) is 14.8 Å². The van der Waals surface area contributed by atoms with Crippen molar-refractivity contribution in [2.75, 3.05) is 62.3 Å². The van der Waals surface area contributed by atoms with Crippen LogP contribution in [0.2, 0.25) is 0 Å². The molecule has 1 aromatic carbocycles. The van der Waals surface area contributed by atoms with E-state index in [0.717, 1.165) is 36.7 Å². The molecule has 2 aliphatic rings. The van der Waals surface area contributed by atoms with Crippen LogP contribution in [0.3, 0.4) is 0 Å². The van der Waals surface area contributed by atoms with Crippen molar-refractivity contribution in [3.63, 3.8) is 0 Å². The molecule has 8 nitrogen and oxygen atoms in total. The van der Waals surface area contributed by atoms with Gasteiger partial charge >= 0.3 is 0 Å².